The lowest BCUT2D eigenvalue weighted by Crippen LogP contribution is -2.30. The number of benzene rings is 6. The lowest BCUT2D eigenvalue weighted by molar-refractivity contribution is -0.0518. The number of halogens is 6. The molecule has 0 atom stereocenters. The van der Waals surface area contributed by atoms with Crippen LogP contribution in [0.2, 0.25) is 0 Å². The van der Waals surface area contributed by atoms with Gasteiger partial charge in [-0.15, -0.1) is 3.63 Å². The molecule has 0 aliphatic carbocycles. The summed E-state index contributed by atoms with van der Waals surface area (Å²) in [6.07, 6.45) is 0. The molecule has 0 aliphatic heterocycles. The fraction of sp³-hybridized carbons (Fsp3) is 0.379. The molecule has 0 aromatic heterocycles. The van der Waals surface area contributed by atoms with Crippen LogP contribution in [-0.4, -0.2) is 68.8 Å². The van der Waals surface area contributed by atoms with Crippen molar-refractivity contribution in [2.45, 2.75) is 158 Å². The van der Waals surface area contributed by atoms with E-state index in [0.29, 0.717) is 28.2 Å². The van der Waals surface area contributed by atoms with Crippen molar-refractivity contribution < 1.29 is 87.6 Å². The number of hydrogen-bond acceptors (Lipinski definition) is 14. The summed E-state index contributed by atoms with van der Waals surface area (Å²) in [6.45, 7) is 29.8. The Morgan fingerprint density at radius 3 is 0.902 bits per heavy atom. The van der Waals surface area contributed by atoms with E-state index in [-0.39, 0.29) is 33.3 Å². The zero-order chi connectivity index (χ0) is 62.3. The maximum atomic E-state index is 12.8. The molecule has 450 valence electrons. The summed E-state index contributed by atoms with van der Waals surface area (Å²) in [5.41, 5.74) is -11.7. The first-order chi connectivity index (χ1) is 37.1. The Balaban J connectivity index is 0.000000314. The van der Waals surface area contributed by atoms with Crippen molar-refractivity contribution in [2.24, 2.45) is 0 Å². The van der Waals surface area contributed by atoms with E-state index in [1.54, 1.807) is 54.6 Å². The van der Waals surface area contributed by atoms with Gasteiger partial charge in [0, 0.05) is 5.56 Å². The predicted octanol–water partition coefficient (Wildman–Crippen LogP) is 15.2. The molecule has 0 bridgehead atoms. The van der Waals surface area contributed by atoms with E-state index in [2.05, 4.69) is 139 Å². The average molecular weight is 1230 g/mol. The van der Waals surface area contributed by atoms with Crippen LogP contribution in [0.15, 0.2) is 154 Å². The second-order valence-electron chi connectivity index (χ2n) is 22.9. The van der Waals surface area contributed by atoms with Gasteiger partial charge in [0.1, 0.15) is 56.8 Å². The largest absolute Gasteiger partial charge is 0.741 e. The maximum absolute atomic E-state index is 12.8. The highest BCUT2D eigenvalue weighted by atomic mass is 32.3. The van der Waals surface area contributed by atoms with Gasteiger partial charge in [0.25, 0.3) is 0 Å². The minimum absolute atomic E-state index is 0.144. The zero-order valence-corrected chi connectivity index (χ0v) is 51.2. The van der Waals surface area contributed by atoms with Crippen LogP contribution in [0.5, 0.6) is 34.5 Å². The van der Waals surface area contributed by atoms with E-state index in [9.17, 15) is 43.2 Å². The second-order valence-corrected chi connectivity index (χ2v) is 29.2. The van der Waals surface area contributed by atoms with E-state index >= 15 is 0 Å². The SMILES string of the molecule is CC(C)(C)Oc1ccc(-c2cccc(OS(=O)(=O)OS(=O)(=O)C(F)(F)F)c2-c2ccc(OC(C)(C)C)cc2)cc1.CC(C)(C)Oc1ccc([S+](c2ccc(OC(C)(C)C)cc2)c2ccc(OC(C)(C)C)cc2)cc1.O=S(=O)([O-])C(F)(F)F. The Hall–Kier alpha value is -6.18. The molecule has 82 heavy (non-hydrogen) atoms. The van der Waals surface area contributed by atoms with Crippen LogP contribution in [0.4, 0.5) is 26.3 Å². The third-order valence-electron chi connectivity index (χ3n) is 9.56. The first-order valence-electron chi connectivity index (χ1n) is 24.9. The molecule has 0 spiro atoms. The van der Waals surface area contributed by atoms with Crippen LogP contribution in [0, 0.1) is 0 Å². The molecule has 0 aliphatic rings. The Bertz CT molecular complexity index is 3250. The first kappa shape index (κ1) is 68.3. The van der Waals surface area contributed by atoms with E-state index in [0.717, 1.165) is 23.3 Å². The minimum atomic E-state index is -6.50. The lowest BCUT2D eigenvalue weighted by atomic mass is 9.93. The van der Waals surface area contributed by atoms with Crippen LogP contribution in [0.3, 0.4) is 0 Å². The second kappa shape index (κ2) is 25.8. The summed E-state index contributed by atoms with van der Waals surface area (Å²) in [4.78, 5) is 3.70. The third kappa shape index (κ3) is 22.5. The van der Waals surface area contributed by atoms with Gasteiger partial charge < -0.3 is 32.4 Å². The van der Waals surface area contributed by atoms with Gasteiger partial charge in [-0.25, -0.2) is 8.42 Å². The highest BCUT2D eigenvalue weighted by Gasteiger charge is 2.51. The fourth-order valence-electron chi connectivity index (χ4n) is 6.91. The third-order valence-corrected chi connectivity index (χ3v) is 14.7. The molecule has 6 aromatic carbocycles. The summed E-state index contributed by atoms with van der Waals surface area (Å²) in [7, 11) is -18.6. The van der Waals surface area contributed by atoms with E-state index in [1.807, 2.05) is 41.5 Å². The molecule has 6 rings (SSSR count). The minimum Gasteiger partial charge on any atom is -0.741 e. The van der Waals surface area contributed by atoms with E-state index in [4.69, 9.17) is 40.8 Å². The average Bonchev–Trinajstić information content (AvgIpc) is 3.36. The van der Waals surface area contributed by atoms with Gasteiger partial charge in [0.15, 0.2) is 30.6 Å². The first-order valence-corrected chi connectivity index (χ1v) is 30.3. The Kier molecular flexibility index (Phi) is 21.5. The van der Waals surface area contributed by atoms with Gasteiger partial charge >= 0.3 is 31.5 Å². The molecule has 0 saturated heterocycles. The summed E-state index contributed by atoms with van der Waals surface area (Å²) < 4.78 is 183. The quantitative estimate of drug-likeness (QED) is 0.0433. The van der Waals surface area contributed by atoms with Gasteiger partial charge in [-0.3, -0.25) is 0 Å². The summed E-state index contributed by atoms with van der Waals surface area (Å²) in [6, 6.07) is 42.9. The topological polar surface area (TPSA) is 190 Å². The summed E-state index contributed by atoms with van der Waals surface area (Å²) in [5.74, 6) is 3.25. The fourth-order valence-corrected chi connectivity index (χ4v) is 10.6. The molecule has 0 saturated carbocycles. The van der Waals surface area contributed by atoms with Crippen LogP contribution >= 0.6 is 0 Å². The van der Waals surface area contributed by atoms with E-state index in [1.165, 1.54) is 20.8 Å². The van der Waals surface area contributed by atoms with Crippen LogP contribution in [0.1, 0.15) is 104 Å². The molecule has 0 radical (unpaired) electrons. The highest BCUT2D eigenvalue weighted by Crippen LogP contribution is 2.42. The summed E-state index contributed by atoms with van der Waals surface area (Å²) in [5, 5.41) is 0. The van der Waals surface area contributed by atoms with Crippen molar-refractivity contribution >= 4 is 41.5 Å². The van der Waals surface area contributed by atoms with E-state index < -0.39 is 58.6 Å². The van der Waals surface area contributed by atoms with Crippen molar-refractivity contribution in [3.63, 3.8) is 0 Å². The Morgan fingerprint density at radius 2 is 0.646 bits per heavy atom. The highest BCUT2D eigenvalue weighted by molar-refractivity contribution is 7.98. The van der Waals surface area contributed by atoms with Gasteiger partial charge in [0.05, 0.1) is 10.9 Å². The Labute approximate surface area is 480 Å². The molecule has 0 amide bonds. The zero-order valence-electron chi connectivity index (χ0n) is 47.9. The van der Waals surface area contributed by atoms with Gasteiger partial charge in [-0.2, -0.15) is 43.2 Å². The molecule has 14 nitrogen and oxygen atoms in total. The molecule has 0 unspecified atom stereocenters. The molecular weight excluding hydrogens is 1160 g/mol. The number of rotatable bonds is 14. The molecule has 0 heterocycles. The van der Waals surface area contributed by atoms with Gasteiger partial charge in [-0.05, 0) is 224 Å². The molecular formula is C58H68F6O14S4. The smallest absolute Gasteiger partial charge is 0.524 e. The van der Waals surface area contributed by atoms with Crippen LogP contribution < -0.4 is 27.9 Å². The number of ether oxygens (including phenoxy) is 5. The molecule has 0 N–H and O–H groups in total. The van der Waals surface area contributed by atoms with Crippen molar-refractivity contribution in [1.82, 2.24) is 0 Å². The van der Waals surface area contributed by atoms with Crippen LogP contribution in [-0.2, 0) is 45.2 Å². The lowest BCUT2D eigenvalue weighted by Gasteiger charge is -2.22. The van der Waals surface area contributed by atoms with Crippen molar-refractivity contribution in [2.75, 3.05) is 0 Å². The normalized spacial score (nSPS) is 13.0. The van der Waals surface area contributed by atoms with Crippen molar-refractivity contribution in [1.29, 1.82) is 0 Å². The molecule has 24 heteroatoms. The predicted molar refractivity (Wildman–Crippen MR) is 302 cm³/mol. The molecule has 6 aromatic rings. The Morgan fingerprint density at radius 1 is 0.378 bits per heavy atom. The van der Waals surface area contributed by atoms with Crippen molar-refractivity contribution in [3.8, 4) is 56.8 Å². The number of hydrogen-bond donors (Lipinski definition) is 0. The summed E-state index contributed by atoms with van der Waals surface area (Å²) >= 11 is 0. The van der Waals surface area contributed by atoms with Gasteiger partial charge in [0.2, 0.25) is 0 Å². The van der Waals surface area contributed by atoms with Gasteiger partial charge in [-0.1, -0.05) is 36.4 Å². The maximum Gasteiger partial charge on any atom is 0.524 e. The molecule has 0 fully saturated rings. The van der Waals surface area contributed by atoms with Crippen molar-refractivity contribution in [3.05, 3.63) is 140 Å². The van der Waals surface area contributed by atoms with Crippen LogP contribution in [0.25, 0.3) is 22.3 Å². The number of alkyl halides is 6. The standard InChI is InChI=1S/C30H39O3S.C27H29F3O8S2.CHF3O3S/c1-28(2,3)31-22-10-16-25(17-11-22)34(26-18-12-23(13-19-26)32-29(4,5)6)27-20-14-24(15-21-27)33-30(7,8)9;1-25(2,3)35-20-14-10-18(11-15-20)22-8-7-9-23(37-40(33,34)38-39(31,32)27(28,29)30)24(22)19-12-16-21(17-13-19)36-26(4,5)6;2-1(3,4)8(5,6)7/h10-21H,1-9H3;7-17H,1-6H3;(H,5,6,7)/q+1;;/p-1. The monoisotopic (exact) mass is 1230 g/mol.